The maximum Gasteiger partial charge on any atom is 0.272 e. The highest BCUT2D eigenvalue weighted by Crippen LogP contribution is 2.10. The Kier molecular flexibility index (Phi) is 4.77. The fourth-order valence-corrected chi connectivity index (χ4v) is 1.33. The van der Waals surface area contributed by atoms with Crippen molar-refractivity contribution in [2.75, 3.05) is 7.05 Å². The van der Waals surface area contributed by atoms with Crippen molar-refractivity contribution >= 4 is 10.8 Å². The molecular formula is C13H15N3O. The molecule has 0 bridgehead atoms. The van der Waals surface area contributed by atoms with E-state index in [1.54, 1.807) is 13.1 Å². The minimum absolute atomic E-state index is 0.194. The van der Waals surface area contributed by atoms with Crippen molar-refractivity contribution in [3.63, 3.8) is 0 Å². The molecule has 1 aromatic heterocycles. The van der Waals surface area contributed by atoms with Crippen molar-refractivity contribution in [2.45, 2.75) is 13.8 Å². The van der Waals surface area contributed by atoms with Gasteiger partial charge in [-0.15, -0.1) is 0 Å². The smallest absolute Gasteiger partial charge is 0.272 e. The van der Waals surface area contributed by atoms with Crippen molar-refractivity contribution in [3.8, 4) is 12.0 Å². The summed E-state index contributed by atoms with van der Waals surface area (Å²) in [4.78, 5) is 11.4. The summed E-state index contributed by atoms with van der Waals surface area (Å²) < 4.78 is 0. The van der Waals surface area contributed by atoms with E-state index in [1.165, 1.54) is 0 Å². The normalized spacial score (nSPS) is 8.65. The molecule has 0 saturated heterocycles. The van der Waals surface area contributed by atoms with E-state index >= 15 is 0 Å². The van der Waals surface area contributed by atoms with Gasteiger partial charge in [0.2, 0.25) is 0 Å². The Bertz CT molecular complexity index is 605. The summed E-state index contributed by atoms with van der Waals surface area (Å²) in [6.45, 7) is 4.00. The van der Waals surface area contributed by atoms with Gasteiger partial charge < -0.3 is 5.32 Å². The summed E-state index contributed by atoms with van der Waals surface area (Å²) in [7, 11) is 1.72. The molecule has 1 aromatic carbocycles. The zero-order valence-corrected chi connectivity index (χ0v) is 10.2. The third-order valence-corrected chi connectivity index (χ3v) is 2.00. The maximum absolute atomic E-state index is 11.4. The highest BCUT2D eigenvalue weighted by molar-refractivity contribution is 5.85. The molecule has 0 atom stereocenters. The van der Waals surface area contributed by atoms with E-state index in [9.17, 15) is 4.79 Å². The number of aromatic amines is 1. The van der Waals surface area contributed by atoms with Gasteiger partial charge in [0.05, 0.1) is 5.39 Å². The molecular weight excluding hydrogens is 214 g/mol. The van der Waals surface area contributed by atoms with Crippen LogP contribution < -0.4 is 10.9 Å². The van der Waals surface area contributed by atoms with Crippen molar-refractivity contribution in [1.29, 1.82) is 0 Å². The van der Waals surface area contributed by atoms with E-state index in [0.29, 0.717) is 11.1 Å². The molecule has 2 aromatic rings. The number of nitrogens with zero attached hydrogens (tertiary/aromatic N) is 1. The third kappa shape index (κ3) is 2.85. The van der Waals surface area contributed by atoms with Gasteiger partial charge in [-0.25, -0.2) is 5.10 Å². The number of rotatable bonds is 0. The molecule has 0 aliphatic heterocycles. The molecule has 2 N–H and O–H groups in total. The molecule has 0 aliphatic rings. The Hall–Kier alpha value is -2.28. The predicted octanol–water partition coefficient (Wildman–Crippen LogP) is 1.48. The molecule has 2 rings (SSSR count). The predicted molar refractivity (Wildman–Crippen MR) is 69.6 cm³/mol. The first-order valence-electron chi connectivity index (χ1n) is 5.48. The molecule has 0 fully saturated rings. The van der Waals surface area contributed by atoms with Gasteiger partial charge in [0, 0.05) is 18.5 Å². The lowest BCUT2D eigenvalue weighted by molar-refractivity contribution is 0.996. The molecule has 0 aliphatic carbocycles. The molecule has 1 heterocycles. The lowest BCUT2D eigenvalue weighted by Gasteiger charge is -1.97. The van der Waals surface area contributed by atoms with Crippen LogP contribution in [0.1, 0.15) is 19.5 Å². The first-order chi connectivity index (χ1) is 8.33. The summed E-state index contributed by atoms with van der Waals surface area (Å²) in [5, 5.41) is 10.4. The van der Waals surface area contributed by atoms with Crippen molar-refractivity contribution < 1.29 is 0 Å². The van der Waals surface area contributed by atoms with Gasteiger partial charge in [0.1, 0.15) is 5.69 Å². The molecule has 4 heteroatoms. The number of hydrogen-bond acceptors (Lipinski definition) is 3. The van der Waals surface area contributed by atoms with Gasteiger partial charge in [-0.1, -0.05) is 32.0 Å². The number of hydrogen-bond donors (Lipinski definition) is 2. The van der Waals surface area contributed by atoms with Crippen molar-refractivity contribution in [1.82, 2.24) is 15.5 Å². The van der Waals surface area contributed by atoms with Crippen LogP contribution in [-0.2, 0) is 0 Å². The molecule has 17 heavy (non-hydrogen) atoms. The van der Waals surface area contributed by atoms with E-state index in [4.69, 9.17) is 0 Å². The van der Waals surface area contributed by atoms with Gasteiger partial charge in [0.15, 0.2) is 0 Å². The summed E-state index contributed by atoms with van der Waals surface area (Å²) in [6.07, 6.45) is 0. The highest BCUT2D eigenvalue weighted by Gasteiger charge is 2.02. The fraction of sp³-hybridized carbons (Fsp3) is 0.231. The van der Waals surface area contributed by atoms with Gasteiger partial charge in [0.25, 0.3) is 5.56 Å². The maximum atomic E-state index is 11.4. The van der Waals surface area contributed by atoms with Crippen LogP contribution in [0.2, 0.25) is 0 Å². The first-order valence-corrected chi connectivity index (χ1v) is 5.48. The average molecular weight is 229 g/mol. The Balaban J connectivity index is 0.000000686. The van der Waals surface area contributed by atoms with Crippen LogP contribution >= 0.6 is 0 Å². The van der Waals surface area contributed by atoms with Crippen LogP contribution in [0, 0.1) is 12.0 Å². The van der Waals surface area contributed by atoms with Crippen LogP contribution in [0.15, 0.2) is 29.1 Å². The SMILES string of the molecule is CC.CNC#Cc1n[nH]c(=O)c2ccccc12. The largest absolute Gasteiger partial charge is 0.349 e. The average Bonchev–Trinajstić information content (AvgIpc) is 2.41. The van der Waals surface area contributed by atoms with Gasteiger partial charge in [-0.2, -0.15) is 5.10 Å². The lowest BCUT2D eigenvalue weighted by atomic mass is 10.1. The number of nitrogens with one attached hydrogen (secondary N) is 2. The molecule has 0 unspecified atom stereocenters. The molecule has 0 amide bonds. The Morgan fingerprint density at radius 1 is 1.24 bits per heavy atom. The summed E-state index contributed by atoms with van der Waals surface area (Å²) >= 11 is 0. The zero-order chi connectivity index (χ0) is 12.7. The van der Waals surface area contributed by atoms with Crippen LogP contribution in [0.25, 0.3) is 10.8 Å². The number of aromatic nitrogens is 2. The van der Waals surface area contributed by atoms with Crippen LogP contribution in [0.5, 0.6) is 0 Å². The third-order valence-electron chi connectivity index (χ3n) is 2.00. The van der Waals surface area contributed by atoms with Gasteiger partial charge in [-0.05, 0) is 12.0 Å². The fourth-order valence-electron chi connectivity index (χ4n) is 1.33. The number of benzene rings is 1. The van der Waals surface area contributed by atoms with Crippen molar-refractivity contribution in [3.05, 3.63) is 40.3 Å². The summed E-state index contributed by atoms with van der Waals surface area (Å²) in [6, 6.07) is 9.94. The number of fused-ring (bicyclic) bond motifs is 1. The topological polar surface area (TPSA) is 57.8 Å². The van der Waals surface area contributed by atoms with E-state index in [1.807, 2.05) is 32.0 Å². The second kappa shape index (κ2) is 6.33. The van der Waals surface area contributed by atoms with Crippen LogP contribution in [-0.4, -0.2) is 17.2 Å². The Morgan fingerprint density at radius 3 is 2.53 bits per heavy atom. The first kappa shape index (κ1) is 12.8. The van der Waals surface area contributed by atoms with E-state index < -0.39 is 0 Å². The second-order valence-corrected chi connectivity index (χ2v) is 2.95. The van der Waals surface area contributed by atoms with Crippen LogP contribution in [0.4, 0.5) is 0 Å². The quantitative estimate of drug-likeness (QED) is 0.531. The van der Waals surface area contributed by atoms with E-state index in [-0.39, 0.29) is 5.56 Å². The molecule has 0 saturated carbocycles. The minimum atomic E-state index is -0.194. The minimum Gasteiger partial charge on any atom is -0.349 e. The second-order valence-electron chi connectivity index (χ2n) is 2.95. The molecule has 88 valence electrons. The summed E-state index contributed by atoms with van der Waals surface area (Å²) in [5.41, 5.74) is 0.375. The standard InChI is InChI=1S/C11H9N3O.C2H6/c1-12-7-6-10-8-4-2-3-5-9(8)11(15)14-13-10;1-2/h2-5,12H,1H3,(H,14,15);1-2H3. The summed E-state index contributed by atoms with van der Waals surface area (Å²) in [5.74, 6) is 2.82. The molecule has 0 spiro atoms. The lowest BCUT2D eigenvalue weighted by Crippen LogP contribution is -2.09. The highest BCUT2D eigenvalue weighted by atomic mass is 16.1. The molecule has 0 radical (unpaired) electrons. The monoisotopic (exact) mass is 229 g/mol. The Labute approximate surface area is 100 Å². The van der Waals surface area contributed by atoms with Gasteiger partial charge in [-0.3, -0.25) is 4.79 Å². The van der Waals surface area contributed by atoms with Crippen LogP contribution in [0.3, 0.4) is 0 Å². The van der Waals surface area contributed by atoms with Gasteiger partial charge >= 0.3 is 0 Å². The van der Waals surface area contributed by atoms with Crippen molar-refractivity contribution in [2.24, 2.45) is 0 Å². The van der Waals surface area contributed by atoms with E-state index in [0.717, 1.165) is 5.39 Å². The zero-order valence-electron chi connectivity index (χ0n) is 10.2. The number of H-pyrrole nitrogens is 1. The Morgan fingerprint density at radius 2 is 1.88 bits per heavy atom. The molecule has 4 nitrogen and oxygen atoms in total. The van der Waals surface area contributed by atoms with E-state index in [2.05, 4.69) is 27.5 Å².